The minimum atomic E-state index is -2.05. The highest BCUT2D eigenvalue weighted by Gasteiger charge is 2.49. The van der Waals surface area contributed by atoms with Gasteiger partial charge in [-0.15, -0.1) is 0 Å². The number of methoxy groups -OCH3 is 2. The van der Waals surface area contributed by atoms with Crippen LogP contribution in [0.2, 0.25) is 0 Å². The molecular formula is C18H32INO6. The Bertz CT molecular complexity index is 477. The summed E-state index contributed by atoms with van der Waals surface area (Å²) >= 11 is 2.32. The van der Waals surface area contributed by atoms with Crippen molar-refractivity contribution in [2.24, 2.45) is 11.7 Å². The van der Waals surface area contributed by atoms with Crippen molar-refractivity contribution in [3.63, 3.8) is 0 Å². The molecule has 0 radical (unpaired) electrons. The van der Waals surface area contributed by atoms with Crippen molar-refractivity contribution in [1.82, 2.24) is 0 Å². The van der Waals surface area contributed by atoms with Crippen molar-refractivity contribution in [3.05, 3.63) is 0 Å². The molecule has 0 amide bonds. The van der Waals surface area contributed by atoms with E-state index in [2.05, 4.69) is 22.6 Å². The van der Waals surface area contributed by atoms with Gasteiger partial charge in [0.15, 0.2) is 0 Å². The van der Waals surface area contributed by atoms with Gasteiger partial charge < -0.3 is 19.9 Å². The highest BCUT2D eigenvalue weighted by molar-refractivity contribution is 14.1. The molecule has 0 spiro atoms. The van der Waals surface area contributed by atoms with Crippen molar-refractivity contribution in [3.8, 4) is 0 Å². The minimum Gasteiger partial charge on any atom is -0.469 e. The molecule has 0 aliphatic carbocycles. The number of unbranched alkanes of at least 4 members (excludes halogenated alkanes) is 3. The fraction of sp³-hybridized carbons (Fsp3) is 0.833. The van der Waals surface area contributed by atoms with E-state index in [9.17, 15) is 14.4 Å². The van der Waals surface area contributed by atoms with E-state index in [1.807, 2.05) is 0 Å². The van der Waals surface area contributed by atoms with Crippen LogP contribution in [0.5, 0.6) is 0 Å². The van der Waals surface area contributed by atoms with Crippen molar-refractivity contribution in [1.29, 1.82) is 0 Å². The molecule has 0 aliphatic rings. The third-order valence-electron chi connectivity index (χ3n) is 3.85. The quantitative estimate of drug-likeness (QED) is 0.120. The largest absolute Gasteiger partial charge is 0.469 e. The summed E-state index contributed by atoms with van der Waals surface area (Å²) in [6.45, 7) is 5.02. The average molecular weight is 485 g/mol. The maximum Gasteiger partial charge on any atom is 0.338 e. The lowest BCUT2D eigenvalue weighted by atomic mass is 9.85. The molecule has 0 aliphatic heterocycles. The molecule has 0 saturated carbocycles. The SMILES string of the molecule is COC(=O)C(CCCCCCI)CC(N)(C(=O)OC)C(=O)OC(C)(C)C. The van der Waals surface area contributed by atoms with Crippen LogP contribution in [0.15, 0.2) is 0 Å². The number of esters is 3. The first-order valence-electron chi connectivity index (χ1n) is 8.76. The maximum absolute atomic E-state index is 12.5. The lowest BCUT2D eigenvalue weighted by Crippen LogP contribution is -2.59. The lowest BCUT2D eigenvalue weighted by Gasteiger charge is -2.31. The Labute approximate surface area is 169 Å². The molecule has 2 atom stereocenters. The molecular weight excluding hydrogens is 453 g/mol. The van der Waals surface area contributed by atoms with Gasteiger partial charge in [-0.1, -0.05) is 41.9 Å². The van der Waals surface area contributed by atoms with Crippen LogP contribution in [0.3, 0.4) is 0 Å². The summed E-state index contributed by atoms with van der Waals surface area (Å²) in [6, 6.07) is 0. The van der Waals surface area contributed by atoms with Gasteiger partial charge in [-0.3, -0.25) is 4.79 Å². The van der Waals surface area contributed by atoms with E-state index in [0.29, 0.717) is 6.42 Å². The van der Waals surface area contributed by atoms with Gasteiger partial charge in [0.25, 0.3) is 0 Å². The monoisotopic (exact) mass is 485 g/mol. The van der Waals surface area contributed by atoms with Gasteiger partial charge in [-0.2, -0.15) is 0 Å². The first-order chi connectivity index (χ1) is 12.0. The summed E-state index contributed by atoms with van der Waals surface area (Å²) in [5, 5.41) is 0. The predicted molar refractivity (Wildman–Crippen MR) is 107 cm³/mol. The van der Waals surface area contributed by atoms with Gasteiger partial charge in [-0.25, -0.2) is 9.59 Å². The summed E-state index contributed by atoms with van der Waals surface area (Å²) in [7, 11) is 2.42. The second kappa shape index (κ2) is 11.7. The fourth-order valence-corrected chi connectivity index (χ4v) is 3.04. The first-order valence-corrected chi connectivity index (χ1v) is 10.3. The minimum absolute atomic E-state index is 0.215. The number of rotatable bonds is 11. The number of nitrogens with two attached hydrogens (primary N) is 1. The van der Waals surface area contributed by atoms with Crippen molar-refractivity contribution < 1.29 is 28.6 Å². The van der Waals surface area contributed by atoms with Crippen LogP contribution in [0, 0.1) is 5.92 Å². The Kier molecular flexibility index (Phi) is 11.3. The number of ether oxygens (including phenoxy) is 3. The van der Waals surface area contributed by atoms with Gasteiger partial charge in [0.05, 0.1) is 20.1 Å². The molecule has 0 aromatic heterocycles. The highest BCUT2D eigenvalue weighted by Crippen LogP contribution is 2.26. The van der Waals surface area contributed by atoms with Crippen LogP contribution in [-0.2, 0) is 28.6 Å². The zero-order valence-corrected chi connectivity index (χ0v) is 18.6. The third kappa shape index (κ3) is 8.66. The third-order valence-corrected chi connectivity index (χ3v) is 4.61. The van der Waals surface area contributed by atoms with Gasteiger partial charge in [0, 0.05) is 6.42 Å². The van der Waals surface area contributed by atoms with Gasteiger partial charge in [0.2, 0.25) is 5.54 Å². The average Bonchev–Trinajstić information content (AvgIpc) is 2.57. The van der Waals surface area contributed by atoms with Gasteiger partial charge in [-0.05, 0) is 38.0 Å². The summed E-state index contributed by atoms with van der Waals surface area (Å²) in [4.78, 5) is 36.9. The number of hydrogen-bond acceptors (Lipinski definition) is 7. The number of carbonyl (C=O) groups excluding carboxylic acids is 3. The van der Waals surface area contributed by atoms with Crippen LogP contribution in [0.1, 0.15) is 59.3 Å². The second-order valence-electron chi connectivity index (χ2n) is 7.28. The van der Waals surface area contributed by atoms with E-state index in [1.54, 1.807) is 20.8 Å². The highest BCUT2D eigenvalue weighted by atomic mass is 127. The Hall–Kier alpha value is -0.900. The second-order valence-corrected chi connectivity index (χ2v) is 8.36. The zero-order valence-electron chi connectivity index (χ0n) is 16.4. The predicted octanol–water partition coefficient (Wildman–Crippen LogP) is 2.76. The number of hydrogen-bond donors (Lipinski definition) is 1. The Morgan fingerprint density at radius 2 is 1.54 bits per heavy atom. The van der Waals surface area contributed by atoms with E-state index in [1.165, 1.54) is 7.11 Å². The molecule has 2 unspecified atom stereocenters. The van der Waals surface area contributed by atoms with Crippen LogP contribution in [0.25, 0.3) is 0 Å². The molecule has 152 valence electrons. The van der Waals surface area contributed by atoms with E-state index >= 15 is 0 Å². The first kappa shape index (κ1) is 25.1. The van der Waals surface area contributed by atoms with Gasteiger partial charge in [0.1, 0.15) is 5.60 Å². The van der Waals surface area contributed by atoms with Crippen LogP contribution in [0.4, 0.5) is 0 Å². The zero-order chi connectivity index (χ0) is 20.4. The molecule has 7 nitrogen and oxygen atoms in total. The Morgan fingerprint density at radius 1 is 0.962 bits per heavy atom. The molecule has 8 heteroatoms. The molecule has 0 saturated heterocycles. The topological polar surface area (TPSA) is 105 Å². The molecule has 0 bridgehead atoms. The van der Waals surface area contributed by atoms with Crippen molar-refractivity contribution >= 4 is 40.5 Å². The smallest absolute Gasteiger partial charge is 0.338 e. The molecule has 26 heavy (non-hydrogen) atoms. The molecule has 0 fully saturated rings. The Balaban J connectivity index is 5.27. The molecule has 0 heterocycles. The molecule has 0 aromatic rings. The van der Waals surface area contributed by atoms with Crippen molar-refractivity contribution in [2.75, 3.05) is 18.6 Å². The van der Waals surface area contributed by atoms with E-state index in [-0.39, 0.29) is 6.42 Å². The van der Waals surface area contributed by atoms with E-state index in [0.717, 1.165) is 37.2 Å². The summed E-state index contributed by atoms with van der Waals surface area (Å²) in [5.74, 6) is -3.02. The molecule has 0 rings (SSSR count). The number of alkyl halides is 1. The number of carbonyl (C=O) groups is 3. The van der Waals surface area contributed by atoms with Crippen LogP contribution < -0.4 is 5.73 Å². The fourth-order valence-electron chi connectivity index (χ4n) is 2.50. The molecule has 2 N–H and O–H groups in total. The molecule has 0 aromatic carbocycles. The number of halogens is 1. The normalized spacial score (nSPS) is 14.9. The summed E-state index contributed by atoms with van der Waals surface area (Å²) < 4.78 is 15.9. The lowest BCUT2D eigenvalue weighted by molar-refractivity contribution is -0.172. The van der Waals surface area contributed by atoms with E-state index in [4.69, 9.17) is 19.9 Å². The van der Waals surface area contributed by atoms with Gasteiger partial charge >= 0.3 is 17.9 Å². The Morgan fingerprint density at radius 3 is 2.00 bits per heavy atom. The maximum atomic E-state index is 12.5. The standard InChI is InChI=1S/C18H32INO6/c1-17(2,3)26-16(23)18(20,15(22)25-5)12-13(14(21)24-4)10-8-6-7-9-11-19/h13H,6-12,20H2,1-5H3. The van der Waals surface area contributed by atoms with Crippen LogP contribution in [-0.4, -0.2) is 47.7 Å². The van der Waals surface area contributed by atoms with Crippen LogP contribution >= 0.6 is 22.6 Å². The summed E-state index contributed by atoms with van der Waals surface area (Å²) in [5.41, 5.74) is 3.21. The van der Waals surface area contributed by atoms with Crippen molar-refractivity contribution in [2.45, 2.75) is 70.4 Å². The summed E-state index contributed by atoms with van der Waals surface area (Å²) in [6.07, 6.45) is 4.18. The van der Waals surface area contributed by atoms with E-state index < -0.39 is 35.0 Å².